The van der Waals surface area contributed by atoms with Crippen LogP contribution >= 0.6 is 27.0 Å². The molecule has 5 nitrogen and oxygen atoms in total. The number of hydrogen-bond acceptors (Lipinski definition) is 3. The van der Waals surface area contributed by atoms with Gasteiger partial charge in [0.15, 0.2) is 0 Å². The van der Waals surface area contributed by atoms with Crippen molar-refractivity contribution in [2.24, 2.45) is 11.8 Å². The third-order valence-corrected chi connectivity index (χ3v) is 5.09. The lowest BCUT2D eigenvalue weighted by atomic mass is 9.95. The van der Waals surface area contributed by atoms with Crippen LogP contribution in [0.4, 0.5) is 5.69 Å². The van der Waals surface area contributed by atoms with Crippen LogP contribution in [-0.2, 0) is 9.59 Å². The molecule has 166 valence electrons. The van der Waals surface area contributed by atoms with Crippen molar-refractivity contribution in [3.05, 3.63) is 29.3 Å². The fourth-order valence-electron chi connectivity index (χ4n) is 3.87. The Morgan fingerprint density at radius 3 is 2.17 bits per heavy atom. The minimum Gasteiger partial charge on any atom is -0.351 e. The molecule has 0 aromatic heterocycles. The van der Waals surface area contributed by atoms with E-state index >= 15 is 0 Å². The van der Waals surface area contributed by atoms with Crippen LogP contribution in [0.5, 0.6) is 0 Å². The van der Waals surface area contributed by atoms with Crippen molar-refractivity contribution < 1.29 is 9.59 Å². The van der Waals surface area contributed by atoms with Crippen LogP contribution in [0.2, 0.25) is 0 Å². The standard InChI is InChI=1S/C22H35N3O2.2H2S/c1-14(2)10-18-12-25(19(11-15(3)4)22(27)23-18)13-20(26)24-21-16(5)8-7-9-17(21)6;;/h7-9,14-15,18-19H,10-13H2,1-6H3,(H,23,27)(H,24,26);2*1H2/t18-,19-;;/m0../s1. The molecule has 2 atom stereocenters. The molecular formula is C22H39N3O2S2. The maximum absolute atomic E-state index is 12.8. The molecule has 1 fully saturated rings. The molecule has 1 aliphatic heterocycles. The first-order valence-corrected chi connectivity index (χ1v) is 10.1. The molecule has 2 amide bonds. The smallest absolute Gasteiger partial charge is 0.238 e. The number of piperazine rings is 1. The SMILES string of the molecule is Cc1cccc(C)c1NC(=O)CN1C[C@H](CC(C)C)NC(=O)[C@@H]1CC(C)C.S.S. The van der Waals surface area contributed by atoms with Crippen molar-refractivity contribution in [2.45, 2.75) is 66.5 Å². The zero-order valence-corrected chi connectivity index (χ0v) is 20.6. The van der Waals surface area contributed by atoms with E-state index in [9.17, 15) is 9.59 Å². The fraction of sp³-hybridized carbons (Fsp3) is 0.636. The van der Waals surface area contributed by atoms with Gasteiger partial charge in [0.2, 0.25) is 11.8 Å². The van der Waals surface area contributed by atoms with Gasteiger partial charge in [-0.1, -0.05) is 45.9 Å². The van der Waals surface area contributed by atoms with Crippen LogP contribution in [0.15, 0.2) is 18.2 Å². The number of rotatable bonds is 7. The number of para-hydroxylation sites is 1. The number of nitrogens with zero attached hydrogens (tertiary/aromatic N) is 1. The zero-order valence-electron chi connectivity index (χ0n) is 18.6. The van der Waals surface area contributed by atoms with Crippen LogP contribution in [0.1, 0.15) is 51.7 Å². The van der Waals surface area contributed by atoms with E-state index in [1.165, 1.54) is 0 Å². The summed E-state index contributed by atoms with van der Waals surface area (Å²) in [6.07, 6.45) is 1.69. The highest BCUT2D eigenvalue weighted by atomic mass is 32.1. The molecule has 1 aromatic rings. The summed E-state index contributed by atoms with van der Waals surface area (Å²) in [7, 11) is 0. The largest absolute Gasteiger partial charge is 0.351 e. The van der Waals surface area contributed by atoms with Gasteiger partial charge in [-0.25, -0.2) is 0 Å². The second kappa shape index (κ2) is 12.5. The molecule has 29 heavy (non-hydrogen) atoms. The monoisotopic (exact) mass is 441 g/mol. The summed E-state index contributed by atoms with van der Waals surface area (Å²) in [5.41, 5.74) is 2.98. The van der Waals surface area contributed by atoms with Crippen molar-refractivity contribution in [3.8, 4) is 0 Å². The summed E-state index contributed by atoms with van der Waals surface area (Å²) in [5, 5.41) is 6.22. The Morgan fingerprint density at radius 2 is 1.66 bits per heavy atom. The third-order valence-electron chi connectivity index (χ3n) is 5.09. The summed E-state index contributed by atoms with van der Waals surface area (Å²) in [4.78, 5) is 27.5. The van der Waals surface area contributed by atoms with E-state index < -0.39 is 0 Å². The Kier molecular flexibility index (Phi) is 12.0. The lowest BCUT2D eigenvalue weighted by Crippen LogP contribution is -2.61. The van der Waals surface area contributed by atoms with Crippen LogP contribution in [0.3, 0.4) is 0 Å². The maximum atomic E-state index is 12.8. The van der Waals surface area contributed by atoms with Gasteiger partial charge >= 0.3 is 0 Å². The van der Waals surface area contributed by atoms with Crippen molar-refractivity contribution >= 4 is 44.5 Å². The third kappa shape index (κ3) is 8.22. The molecule has 1 heterocycles. The van der Waals surface area contributed by atoms with Crippen LogP contribution in [0, 0.1) is 25.7 Å². The predicted molar refractivity (Wildman–Crippen MR) is 132 cm³/mol. The Morgan fingerprint density at radius 1 is 1.10 bits per heavy atom. The van der Waals surface area contributed by atoms with Gasteiger partial charge in [-0.05, 0) is 49.7 Å². The quantitative estimate of drug-likeness (QED) is 0.678. The Bertz CT molecular complexity index is 660. The average Bonchev–Trinajstić information content (AvgIpc) is 2.53. The van der Waals surface area contributed by atoms with E-state index in [0.717, 1.165) is 36.2 Å². The van der Waals surface area contributed by atoms with Gasteiger partial charge in [-0.3, -0.25) is 14.5 Å². The van der Waals surface area contributed by atoms with Crippen molar-refractivity contribution in [1.29, 1.82) is 0 Å². The fourth-order valence-corrected chi connectivity index (χ4v) is 3.87. The van der Waals surface area contributed by atoms with Gasteiger partial charge in [0, 0.05) is 18.3 Å². The van der Waals surface area contributed by atoms with Gasteiger partial charge < -0.3 is 10.6 Å². The number of aryl methyl sites for hydroxylation is 2. The van der Waals surface area contributed by atoms with Crippen molar-refractivity contribution in [1.82, 2.24) is 10.2 Å². The van der Waals surface area contributed by atoms with Crippen LogP contribution < -0.4 is 10.6 Å². The molecule has 0 aliphatic carbocycles. The number of amides is 2. The molecule has 7 heteroatoms. The maximum Gasteiger partial charge on any atom is 0.238 e. The minimum atomic E-state index is -0.239. The topological polar surface area (TPSA) is 61.4 Å². The number of hydrogen-bond donors (Lipinski definition) is 2. The van der Waals surface area contributed by atoms with Gasteiger partial charge in [0.1, 0.15) is 0 Å². The molecule has 1 saturated heterocycles. The summed E-state index contributed by atoms with van der Waals surface area (Å²) >= 11 is 0. The van der Waals surface area contributed by atoms with Crippen molar-refractivity contribution in [2.75, 3.05) is 18.4 Å². The molecule has 0 bridgehead atoms. The van der Waals surface area contributed by atoms with E-state index in [1.807, 2.05) is 32.0 Å². The molecule has 0 saturated carbocycles. The summed E-state index contributed by atoms with van der Waals surface area (Å²) in [5.74, 6) is 0.897. The van der Waals surface area contributed by atoms with Gasteiger partial charge in [0.25, 0.3) is 0 Å². The number of carbonyl (C=O) groups is 2. The first-order chi connectivity index (χ1) is 12.7. The van der Waals surface area contributed by atoms with E-state index in [4.69, 9.17) is 0 Å². The van der Waals surface area contributed by atoms with Gasteiger partial charge in [-0.15, -0.1) is 0 Å². The summed E-state index contributed by atoms with van der Waals surface area (Å²) < 4.78 is 0. The molecule has 0 spiro atoms. The molecule has 0 unspecified atom stereocenters. The second-order valence-electron chi connectivity index (χ2n) is 8.72. The number of carbonyl (C=O) groups excluding carboxylic acids is 2. The van der Waals surface area contributed by atoms with Crippen LogP contribution in [0.25, 0.3) is 0 Å². The molecule has 1 aliphatic rings. The Hall–Kier alpha value is -1.18. The lowest BCUT2D eigenvalue weighted by Gasteiger charge is -2.40. The molecule has 2 N–H and O–H groups in total. The average molecular weight is 442 g/mol. The van der Waals surface area contributed by atoms with E-state index in [2.05, 4.69) is 43.2 Å². The number of nitrogens with one attached hydrogen (secondary N) is 2. The van der Waals surface area contributed by atoms with E-state index in [0.29, 0.717) is 11.8 Å². The Labute approximate surface area is 190 Å². The van der Waals surface area contributed by atoms with Crippen LogP contribution in [-0.4, -0.2) is 41.9 Å². The number of benzene rings is 1. The lowest BCUT2D eigenvalue weighted by molar-refractivity contribution is -0.133. The second-order valence-corrected chi connectivity index (χ2v) is 8.72. The molecule has 2 rings (SSSR count). The highest BCUT2D eigenvalue weighted by molar-refractivity contribution is 7.59. The highest BCUT2D eigenvalue weighted by Gasteiger charge is 2.35. The molecule has 1 aromatic carbocycles. The highest BCUT2D eigenvalue weighted by Crippen LogP contribution is 2.22. The number of anilines is 1. The van der Waals surface area contributed by atoms with Crippen molar-refractivity contribution in [3.63, 3.8) is 0 Å². The van der Waals surface area contributed by atoms with E-state index in [-0.39, 0.29) is 57.4 Å². The Balaban J connectivity index is 0.00000392. The van der Waals surface area contributed by atoms with E-state index in [1.54, 1.807) is 0 Å². The first kappa shape index (κ1) is 27.8. The minimum absolute atomic E-state index is 0. The molecular weight excluding hydrogens is 402 g/mol. The summed E-state index contributed by atoms with van der Waals surface area (Å²) in [6.45, 7) is 13.5. The zero-order chi connectivity index (χ0) is 20.1. The van der Waals surface area contributed by atoms with Gasteiger partial charge in [-0.2, -0.15) is 27.0 Å². The summed E-state index contributed by atoms with van der Waals surface area (Å²) in [6, 6.07) is 5.85. The molecule has 0 radical (unpaired) electrons. The first-order valence-electron chi connectivity index (χ1n) is 10.1. The predicted octanol–water partition coefficient (Wildman–Crippen LogP) is 3.73. The normalized spacial score (nSPS) is 19.4. The van der Waals surface area contributed by atoms with Gasteiger partial charge in [0.05, 0.1) is 12.6 Å².